The number of nitrogens with two attached hydrogens (primary N) is 1. The number of amides is 1. The minimum Gasteiger partial charge on any atom is -0.423 e. The standard InChI is InChI=1S/C20H28FN5O2S/c1-17(2)15-24-16(27)28-18(3,4)25-12-6-7-14(21)13(10-12)19(5,26-15)20(8-9-22)23-11-29(17)20/h6-7,10-11,23,25H,8-9,22H2,1-5H3,(H,24,26,27)/t19-,20+,29?/m1/s1. The number of alkyl carbamates (subject to hydrolysis) is 1. The summed E-state index contributed by atoms with van der Waals surface area (Å²) in [6.45, 7) is 9.90. The molecule has 3 aliphatic rings. The fraction of sp³-hybridized carbons (Fsp3) is 0.550. The van der Waals surface area contributed by atoms with E-state index in [4.69, 9.17) is 15.5 Å². The summed E-state index contributed by atoms with van der Waals surface area (Å²) in [7, 11) is -0.360. The first kappa shape index (κ1) is 20.3. The van der Waals surface area contributed by atoms with E-state index in [0.717, 1.165) is 0 Å². The number of anilines is 1. The van der Waals surface area contributed by atoms with Crippen molar-refractivity contribution in [1.29, 1.82) is 0 Å². The predicted octanol–water partition coefficient (Wildman–Crippen LogP) is 2.80. The van der Waals surface area contributed by atoms with Crippen LogP contribution >= 0.6 is 10.5 Å². The fourth-order valence-electron chi connectivity index (χ4n) is 4.54. The zero-order valence-corrected chi connectivity index (χ0v) is 18.2. The van der Waals surface area contributed by atoms with E-state index in [9.17, 15) is 4.79 Å². The van der Waals surface area contributed by atoms with Crippen molar-refractivity contribution < 1.29 is 13.9 Å². The summed E-state index contributed by atoms with van der Waals surface area (Å²) in [5.41, 5.74) is 7.15. The van der Waals surface area contributed by atoms with Crippen LogP contribution < -0.4 is 21.7 Å². The summed E-state index contributed by atoms with van der Waals surface area (Å²) in [6.07, 6.45) is 0.0201. The first-order chi connectivity index (χ1) is 13.5. The second-order valence-corrected chi connectivity index (χ2v) is 11.5. The number of hydrogen-bond donors (Lipinski definition) is 4. The van der Waals surface area contributed by atoms with E-state index >= 15 is 4.39 Å². The molecule has 3 heterocycles. The summed E-state index contributed by atoms with van der Waals surface area (Å²) >= 11 is 0. The van der Waals surface area contributed by atoms with Gasteiger partial charge < -0.3 is 15.8 Å². The van der Waals surface area contributed by atoms with E-state index in [1.165, 1.54) is 6.07 Å². The molecular weight excluding hydrogens is 393 g/mol. The Bertz CT molecular complexity index is 960. The van der Waals surface area contributed by atoms with E-state index in [1.807, 2.05) is 26.3 Å². The molecule has 7 nitrogen and oxygen atoms in total. The zero-order valence-electron chi connectivity index (χ0n) is 17.4. The van der Waals surface area contributed by atoms with Crippen molar-refractivity contribution >= 4 is 33.6 Å². The van der Waals surface area contributed by atoms with E-state index in [2.05, 4.69) is 16.0 Å². The normalized spacial score (nSPS) is 34.0. The highest BCUT2D eigenvalue weighted by Crippen LogP contribution is 2.61. The Morgan fingerprint density at radius 3 is 2.59 bits per heavy atom. The summed E-state index contributed by atoms with van der Waals surface area (Å²) in [4.78, 5) is 17.1. The van der Waals surface area contributed by atoms with E-state index in [-0.39, 0.29) is 16.3 Å². The van der Waals surface area contributed by atoms with Gasteiger partial charge in [-0.2, -0.15) is 0 Å². The average Bonchev–Trinajstić information content (AvgIpc) is 2.57. The quantitative estimate of drug-likeness (QED) is 0.550. The van der Waals surface area contributed by atoms with Gasteiger partial charge in [0, 0.05) is 16.7 Å². The second kappa shape index (κ2) is 6.26. The molecule has 0 fully saturated rings. The van der Waals surface area contributed by atoms with Gasteiger partial charge in [0.15, 0.2) is 5.72 Å². The number of aliphatic imine (C=N–C) groups is 1. The van der Waals surface area contributed by atoms with Crippen molar-refractivity contribution in [3.8, 4) is 0 Å². The van der Waals surface area contributed by atoms with Crippen LogP contribution in [0.5, 0.6) is 0 Å². The molecule has 1 amide bonds. The number of benzene rings is 1. The van der Waals surface area contributed by atoms with Crippen molar-refractivity contribution in [2.24, 2.45) is 10.7 Å². The number of rotatable bonds is 2. The molecule has 1 unspecified atom stereocenters. The molecule has 0 spiro atoms. The van der Waals surface area contributed by atoms with Gasteiger partial charge in [-0.25, -0.2) is 9.18 Å². The lowest BCUT2D eigenvalue weighted by Crippen LogP contribution is -2.71. The largest absolute Gasteiger partial charge is 0.423 e. The van der Waals surface area contributed by atoms with Gasteiger partial charge in [-0.3, -0.25) is 15.6 Å². The summed E-state index contributed by atoms with van der Waals surface area (Å²) in [6, 6.07) is 4.82. The third kappa shape index (κ3) is 2.82. The highest BCUT2D eigenvalue weighted by molar-refractivity contribution is 8.19. The number of fused-ring (bicyclic) bond motifs is 6. The number of nitrogens with zero attached hydrogens (tertiary/aromatic N) is 1. The molecule has 9 heteroatoms. The van der Waals surface area contributed by atoms with Crippen molar-refractivity contribution in [2.45, 2.75) is 61.9 Å². The minimum absolute atomic E-state index is 0.348. The number of nitrogens with one attached hydrogen (secondary N) is 3. The number of ether oxygens (including phenoxy) is 1. The van der Waals surface area contributed by atoms with Gasteiger partial charge in [-0.05, 0) is 65.8 Å². The van der Waals surface area contributed by atoms with Gasteiger partial charge in [0.05, 0.1) is 9.62 Å². The molecule has 0 aliphatic carbocycles. The third-order valence-corrected chi connectivity index (χ3v) is 9.14. The number of halogens is 1. The van der Waals surface area contributed by atoms with Gasteiger partial charge in [-0.1, -0.05) is 0 Å². The maximum absolute atomic E-state index is 15.2. The number of carbonyl (C=O) groups is 1. The Balaban J connectivity index is 2.03. The number of cyclic esters (lactones) is 1. The zero-order chi connectivity index (χ0) is 21.2. The molecule has 0 radical (unpaired) electrons. The lowest BCUT2D eigenvalue weighted by molar-refractivity contribution is 0.0625. The van der Waals surface area contributed by atoms with Crippen LogP contribution in [0.2, 0.25) is 0 Å². The lowest BCUT2D eigenvalue weighted by atomic mass is 9.81. The van der Waals surface area contributed by atoms with Crippen LogP contribution in [-0.4, -0.2) is 39.3 Å². The van der Waals surface area contributed by atoms with Crippen molar-refractivity contribution in [1.82, 2.24) is 10.6 Å². The molecular formula is C20H28FN5O2S. The molecule has 0 saturated heterocycles. The summed E-state index contributed by atoms with van der Waals surface area (Å²) in [5, 5.41) is 9.46. The van der Waals surface area contributed by atoms with Gasteiger partial charge in [0.2, 0.25) is 0 Å². The van der Waals surface area contributed by atoms with Crippen LogP contribution in [0.3, 0.4) is 0 Å². The van der Waals surface area contributed by atoms with Crippen LogP contribution in [0, 0.1) is 5.82 Å². The van der Waals surface area contributed by atoms with Gasteiger partial charge in [-0.15, -0.1) is 10.5 Å². The second-order valence-electron chi connectivity index (χ2n) is 8.85. The lowest BCUT2D eigenvalue weighted by Gasteiger charge is -2.61. The Kier molecular flexibility index (Phi) is 4.39. The van der Waals surface area contributed by atoms with Crippen molar-refractivity contribution in [2.75, 3.05) is 11.9 Å². The number of carbonyl (C=O) groups excluding carboxylic acids is 1. The predicted molar refractivity (Wildman–Crippen MR) is 116 cm³/mol. The van der Waals surface area contributed by atoms with Crippen molar-refractivity contribution in [3.63, 3.8) is 0 Å². The van der Waals surface area contributed by atoms with E-state index < -0.39 is 27.0 Å². The molecule has 0 aromatic heterocycles. The van der Waals surface area contributed by atoms with E-state index in [1.54, 1.807) is 26.0 Å². The van der Waals surface area contributed by atoms with Gasteiger partial charge in [0.25, 0.3) is 0 Å². The first-order valence-electron chi connectivity index (χ1n) is 9.68. The molecule has 5 N–H and O–H groups in total. The molecule has 3 aliphatic heterocycles. The monoisotopic (exact) mass is 421 g/mol. The van der Waals surface area contributed by atoms with Crippen LogP contribution in [0.4, 0.5) is 14.9 Å². The number of amidine groups is 1. The SMILES string of the molecule is CC1(C)Nc2ccc(F)c(c2)[C@@]2(C)N=C(NC(=O)O1)C(C)(C)S1=CN[C@@]12CCN. The summed E-state index contributed by atoms with van der Waals surface area (Å²) in [5.74, 6) is 0.139. The molecule has 1 aromatic carbocycles. The van der Waals surface area contributed by atoms with Crippen LogP contribution in [0.15, 0.2) is 23.2 Å². The Morgan fingerprint density at radius 1 is 1.24 bits per heavy atom. The highest BCUT2D eigenvalue weighted by atomic mass is 32.2. The minimum atomic E-state index is -0.996. The van der Waals surface area contributed by atoms with Crippen LogP contribution in [0.1, 0.15) is 46.6 Å². The van der Waals surface area contributed by atoms with Gasteiger partial charge in [0.1, 0.15) is 17.2 Å². The fourth-order valence-corrected chi connectivity index (χ4v) is 7.45. The Hall–Kier alpha value is -1.97. The van der Waals surface area contributed by atoms with Crippen LogP contribution in [0.25, 0.3) is 0 Å². The molecule has 29 heavy (non-hydrogen) atoms. The Morgan fingerprint density at radius 2 is 1.97 bits per heavy atom. The van der Waals surface area contributed by atoms with Crippen molar-refractivity contribution in [3.05, 3.63) is 29.6 Å². The smallest absolute Gasteiger partial charge is 0.414 e. The maximum atomic E-state index is 15.2. The summed E-state index contributed by atoms with van der Waals surface area (Å²) < 4.78 is 20.3. The third-order valence-electron chi connectivity index (χ3n) is 6.03. The molecule has 158 valence electrons. The van der Waals surface area contributed by atoms with Gasteiger partial charge >= 0.3 is 6.09 Å². The molecule has 4 rings (SSSR count). The molecule has 4 bridgehead atoms. The number of hydrogen-bond acceptors (Lipinski definition) is 6. The highest BCUT2D eigenvalue weighted by Gasteiger charge is 2.63. The Labute approximate surface area is 172 Å². The van der Waals surface area contributed by atoms with Crippen LogP contribution in [-0.2, 0) is 10.3 Å². The molecule has 0 saturated carbocycles. The first-order valence-corrected chi connectivity index (χ1v) is 11.0. The average molecular weight is 422 g/mol. The maximum Gasteiger partial charge on any atom is 0.414 e. The van der Waals surface area contributed by atoms with E-state index in [0.29, 0.717) is 30.1 Å². The topological polar surface area (TPSA) is 101 Å². The molecule has 1 aromatic rings. The molecule has 3 atom stereocenters.